The lowest BCUT2D eigenvalue weighted by Gasteiger charge is -2.25. The van der Waals surface area contributed by atoms with Gasteiger partial charge in [-0.2, -0.15) is 0 Å². The smallest absolute Gasteiger partial charge is 0.355 e. The van der Waals surface area contributed by atoms with Crippen LogP contribution in [0.15, 0.2) is 77.6 Å². The molecule has 4 rings (SSSR count). The molecule has 0 atom stereocenters. The van der Waals surface area contributed by atoms with Crippen molar-refractivity contribution in [2.45, 2.75) is 6.92 Å². The molecule has 0 aliphatic carbocycles. The van der Waals surface area contributed by atoms with Crippen molar-refractivity contribution in [2.24, 2.45) is 0 Å². The molecule has 0 unspecified atom stereocenters. The second-order valence-electron chi connectivity index (χ2n) is 6.24. The molecule has 2 aromatic carbocycles. The van der Waals surface area contributed by atoms with Gasteiger partial charge in [-0.3, -0.25) is 20.5 Å². The number of hydrazine groups is 1. The topological polar surface area (TPSA) is 122 Å². The summed E-state index contributed by atoms with van der Waals surface area (Å²) in [6.45, 7) is 1.72. The molecule has 4 aromatic rings. The van der Waals surface area contributed by atoms with E-state index in [-0.39, 0.29) is 17.3 Å². The zero-order valence-electron chi connectivity index (χ0n) is 15.9. The molecular formula is C20H17N7O3. The monoisotopic (exact) mass is 403 g/mol. The number of nitrogens with one attached hydrogen (secondary N) is 2. The Morgan fingerprint density at radius 3 is 2.10 bits per heavy atom. The first kappa shape index (κ1) is 18.9. The molecule has 0 saturated carbocycles. The summed E-state index contributed by atoms with van der Waals surface area (Å²) in [6.07, 6.45) is 1.23. The summed E-state index contributed by atoms with van der Waals surface area (Å²) in [4.78, 5) is 19.4. The van der Waals surface area contributed by atoms with Crippen LogP contribution in [0.2, 0.25) is 0 Å². The molecule has 0 saturated heterocycles. The van der Waals surface area contributed by atoms with Crippen molar-refractivity contribution in [2.75, 3.05) is 15.8 Å². The number of benzene rings is 2. The molecule has 0 amide bonds. The fourth-order valence-electron chi connectivity index (χ4n) is 2.81. The summed E-state index contributed by atoms with van der Waals surface area (Å²) in [7, 11) is 0. The number of hydrogen-bond acceptors (Lipinski definition) is 9. The number of aromatic nitrogens is 3. The molecule has 0 aliphatic rings. The van der Waals surface area contributed by atoms with Gasteiger partial charge in [0.05, 0.1) is 16.3 Å². The lowest BCUT2D eigenvalue weighted by molar-refractivity contribution is -0.383. The maximum absolute atomic E-state index is 11.9. The largest absolute Gasteiger partial charge is 0.360 e. The Morgan fingerprint density at radius 2 is 1.57 bits per heavy atom. The minimum absolute atomic E-state index is 0.00752. The van der Waals surface area contributed by atoms with Gasteiger partial charge in [-0.05, 0) is 31.2 Å². The Labute approximate surface area is 171 Å². The third-order valence-electron chi connectivity index (χ3n) is 4.13. The summed E-state index contributed by atoms with van der Waals surface area (Å²) < 4.78 is 5.00. The van der Waals surface area contributed by atoms with Crippen LogP contribution in [-0.4, -0.2) is 20.0 Å². The van der Waals surface area contributed by atoms with Crippen LogP contribution in [0.25, 0.3) is 0 Å². The molecule has 0 fully saturated rings. The minimum atomic E-state index is -0.550. The Balaban J connectivity index is 1.74. The van der Waals surface area contributed by atoms with E-state index in [2.05, 4.69) is 25.9 Å². The zero-order valence-corrected chi connectivity index (χ0v) is 15.9. The van der Waals surface area contributed by atoms with Crippen LogP contribution in [-0.2, 0) is 0 Å². The van der Waals surface area contributed by atoms with Crippen molar-refractivity contribution >= 4 is 34.5 Å². The second kappa shape index (κ2) is 8.27. The number of hydrogen-bond donors (Lipinski definition) is 2. The summed E-state index contributed by atoms with van der Waals surface area (Å²) >= 11 is 0. The molecule has 2 aromatic heterocycles. The van der Waals surface area contributed by atoms with Gasteiger partial charge in [0, 0.05) is 6.07 Å². The van der Waals surface area contributed by atoms with Gasteiger partial charge >= 0.3 is 5.69 Å². The van der Waals surface area contributed by atoms with Crippen LogP contribution in [0, 0.1) is 17.0 Å². The van der Waals surface area contributed by atoms with E-state index in [0.717, 1.165) is 11.4 Å². The summed E-state index contributed by atoms with van der Waals surface area (Å²) in [6, 6.07) is 20.4. The van der Waals surface area contributed by atoms with E-state index < -0.39 is 4.92 Å². The lowest BCUT2D eigenvalue weighted by Crippen LogP contribution is -2.26. The van der Waals surface area contributed by atoms with Gasteiger partial charge < -0.3 is 9.84 Å². The van der Waals surface area contributed by atoms with Gasteiger partial charge in [0.15, 0.2) is 5.82 Å². The highest BCUT2D eigenvalue weighted by Crippen LogP contribution is 2.33. The van der Waals surface area contributed by atoms with Crippen LogP contribution in [0.5, 0.6) is 0 Å². The number of anilines is 5. The van der Waals surface area contributed by atoms with E-state index >= 15 is 0 Å². The highest BCUT2D eigenvalue weighted by Gasteiger charge is 2.26. The number of rotatable bonds is 7. The number of nitrogens with zero attached hydrogens (tertiary/aromatic N) is 5. The second-order valence-corrected chi connectivity index (χ2v) is 6.24. The average molecular weight is 403 g/mol. The molecule has 150 valence electrons. The maximum Gasteiger partial charge on any atom is 0.355 e. The van der Waals surface area contributed by atoms with Gasteiger partial charge in [-0.15, -0.1) is 0 Å². The summed E-state index contributed by atoms with van der Waals surface area (Å²) in [5.74, 6) is 0.882. The van der Waals surface area contributed by atoms with Crippen LogP contribution in [0.1, 0.15) is 5.76 Å². The predicted molar refractivity (Wildman–Crippen MR) is 112 cm³/mol. The van der Waals surface area contributed by atoms with E-state index in [1.165, 1.54) is 6.33 Å². The summed E-state index contributed by atoms with van der Waals surface area (Å²) in [5, 5.41) is 20.2. The predicted octanol–water partition coefficient (Wildman–Crippen LogP) is 4.59. The average Bonchev–Trinajstić information content (AvgIpc) is 3.17. The molecule has 0 radical (unpaired) electrons. The molecule has 2 heterocycles. The van der Waals surface area contributed by atoms with E-state index in [1.54, 1.807) is 18.0 Å². The lowest BCUT2D eigenvalue weighted by atomic mass is 10.2. The Morgan fingerprint density at radius 1 is 0.967 bits per heavy atom. The van der Waals surface area contributed by atoms with E-state index in [4.69, 9.17) is 4.52 Å². The van der Waals surface area contributed by atoms with Gasteiger partial charge in [-0.1, -0.05) is 41.6 Å². The standard InChI is InChI=1S/C20H17N7O3/c1-14-12-17(25-30-14)23-19-18(27(28)29)20(22-13-21-19)24-26(15-8-4-2-5-9-15)16-10-6-3-7-11-16/h2-13H,1H3,(H2,21,22,23,24,25). The first-order chi connectivity index (χ1) is 14.6. The molecule has 2 N–H and O–H groups in total. The minimum Gasteiger partial charge on any atom is -0.360 e. The molecule has 0 bridgehead atoms. The van der Waals surface area contributed by atoms with Crippen molar-refractivity contribution in [3.8, 4) is 0 Å². The van der Waals surface area contributed by atoms with Gasteiger partial charge in [0.25, 0.3) is 0 Å². The van der Waals surface area contributed by atoms with Gasteiger partial charge in [0.2, 0.25) is 11.6 Å². The van der Waals surface area contributed by atoms with Gasteiger partial charge in [0.1, 0.15) is 12.1 Å². The third-order valence-corrected chi connectivity index (χ3v) is 4.13. The van der Waals surface area contributed by atoms with Crippen LogP contribution < -0.4 is 15.8 Å². The van der Waals surface area contributed by atoms with Crippen molar-refractivity contribution in [3.05, 3.63) is 88.9 Å². The Kier molecular flexibility index (Phi) is 5.20. The van der Waals surface area contributed by atoms with Crippen LogP contribution in [0.4, 0.5) is 34.5 Å². The maximum atomic E-state index is 11.9. The molecule has 10 nitrogen and oxygen atoms in total. The first-order valence-electron chi connectivity index (χ1n) is 8.98. The number of para-hydroxylation sites is 2. The molecule has 10 heteroatoms. The molecule has 0 spiro atoms. The van der Waals surface area contributed by atoms with Gasteiger partial charge in [-0.25, -0.2) is 9.97 Å². The third kappa shape index (κ3) is 4.02. The van der Waals surface area contributed by atoms with Crippen LogP contribution in [0.3, 0.4) is 0 Å². The fourth-order valence-corrected chi connectivity index (χ4v) is 2.81. The Bertz CT molecular complexity index is 1110. The molecule has 0 aliphatic heterocycles. The Hall–Kier alpha value is -4.47. The van der Waals surface area contributed by atoms with Crippen molar-refractivity contribution < 1.29 is 9.45 Å². The van der Waals surface area contributed by atoms with E-state index in [1.807, 2.05) is 60.7 Å². The SMILES string of the molecule is Cc1cc(Nc2ncnc(NN(c3ccccc3)c3ccccc3)c2[N+](=O)[O-])no1. The molecule has 30 heavy (non-hydrogen) atoms. The van der Waals surface area contributed by atoms with Crippen molar-refractivity contribution in [1.29, 1.82) is 0 Å². The normalized spacial score (nSPS) is 10.4. The van der Waals surface area contributed by atoms with Crippen molar-refractivity contribution in [1.82, 2.24) is 15.1 Å². The van der Waals surface area contributed by atoms with E-state index in [9.17, 15) is 10.1 Å². The van der Waals surface area contributed by atoms with Crippen molar-refractivity contribution in [3.63, 3.8) is 0 Å². The zero-order chi connectivity index (χ0) is 20.9. The highest BCUT2D eigenvalue weighted by atomic mass is 16.6. The van der Waals surface area contributed by atoms with Crippen LogP contribution >= 0.6 is 0 Å². The quantitative estimate of drug-likeness (QED) is 0.337. The number of nitro groups is 1. The first-order valence-corrected chi connectivity index (χ1v) is 8.98. The highest BCUT2D eigenvalue weighted by molar-refractivity contribution is 5.76. The van der Waals surface area contributed by atoms with E-state index in [0.29, 0.717) is 11.6 Å². The molecular weight excluding hydrogens is 386 g/mol. The number of aryl methyl sites for hydroxylation is 1. The summed E-state index contributed by atoms with van der Waals surface area (Å²) in [5.41, 5.74) is 4.28. The fraction of sp³-hybridized carbons (Fsp3) is 0.0500.